The Bertz CT molecular complexity index is 508. The van der Waals surface area contributed by atoms with Gasteiger partial charge in [-0.3, -0.25) is 4.79 Å². The molecule has 0 aliphatic carbocycles. The van der Waals surface area contributed by atoms with Crippen molar-refractivity contribution < 1.29 is 9.53 Å². The molecule has 0 bridgehead atoms. The number of amides is 1. The van der Waals surface area contributed by atoms with Crippen molar-refractivity contribution in [1.82, 2.24) is 10.2 Å². The molecule has 1 spiro atoms. The fraction of sp³-hybridized carbons (Fsp3) is 0.588. The Labute approximate surface area is 148 Å². The summed E-state index contributed by atoms with van der Waals surface area (Å²) in [6.07, 6.45) is 3.58. The molecular weight excluding hydrogens is 332 g/mol. The lowest BCUT2D eigenvalue weighted by Crippen LogP contribution is -2.44. The third-order valence-corrected chi connectivity index (χ3v) is 5.93. The third kappa shape index (κ3) is 4.55. The molecule has 1 N–H and O–H groups in total. The number of ether oxygens (including phenoxy) is 1. The highest BCUT2D eigenvalue weighted by molar-refractivity contribution is 8.00. The van der Waals surface area contributed by atoms with Crippen LogP contribution in [0.2, 0.25) is 0 Å². The van der Waals surface area contributed by atoms with Crippen LogP contribution in [0.1, 0.15) is 19.3 Å². The Hall–Kier alpha value is -0.910. The van der Waals surface area contributed by atoms with E-state index in [-0.39, 0.29) is 18.3 Å². The number of methoxy groups -OCH3 is 1. The van der Waals surface area contributed by atoms with Gasteiger partial charge >= 0.3 is 0 Å². The minimum Gasteiger partial charge on any atom is -0.497 e. The maximum absolute atomic E-state index is 12.4. The van der Waals surface area contributed by atoms with Gasteiger partial charge in [0.2, 0.25) is 5.91 Å². The van der Waals surface area contributed by atoms with Crippen LogP contribution >= 0.6 is 24.2 Å². The van der Waals surface area contributed by atoms with Crippen LogP contribution in [0, 0.1) is 5.41 Å². The van der Waals surface area contributed by atoms with E-state index in [1.54, 1.807) is 18.9 Å². The number of nitrogens with one attached hydrogen (secondary N) is 1. The molecule has 0 atom stereocenters. The summed E-state index contributed by atoms with van der Waals surface area (Å²) in [5.41, 5.74) is 0.472. The van der Waals surface area contributed by atoms with Gasteiger partial charge in [-0.15, -0.1) is 24.2 Å². The molecule has 0 radical (unpaired) electrons. The largest absolute Gasteiger partial charge is 0.497 e. The molecule has 1 aromatic carbocycles. The minimum absolute atomic E-state index is 0. The molecule has 6 heteroatoms. The zero-order valence-electron chi connectivity index (χ0n) is 13.5. The molecule has 2 saturated heterocycles. The number of halogens is 1. The van der Waals surface area contributed by atoms with Gasteiger partial charge in [0, 0.05) is 24.5 Å². The van der Waals surface area contributed by atoms with Crippen molar-refractivity contribution in [2.75, 3.05) is 39.0 Å². The van der Waals surface area contributed by atoms with E-state index in [9.17, 15) is 4.79 Å². The highest BCUT2D eigenvalue weighted by Gasteiger charge is 2.37. The van der Waals surface area contributed by atoms with Crippen molar-refractivity contribution in [3.05, 3.63) is 24.3 Å². The lowest BCUT2D eigenvalue weighted by molar-refractivity contribution is -0.130. The first-order valence-electron chi connectivity index (χ1n) is 7.96. The molecule has 0 saturated carbocycles. The van der Waals surface area contributed by atoms with E-state index in [4.69, 9.17) is 4.74 Å². The number of nitrogens with zero attached hydrogens (tertiary/aromatic N) is 1. The number of carbonyl (C=O) groups is 1. The van der Waals surface area contributed by atoms with Crippen LogP contribution in [0.3, 0.4) is 0 Å². The van der Waals surface area contributed by atoms with Crippen LogP contribution in [0.25, 0.3) is 0 Å². The summed E-state index contributed by atoms with van der Waals surface area (Å²) in [6, 6.07) is 7.88. The fourth-order valence-corrected chi connectivity index (χ4v) is 4.16. The highest BCUT2D eigenvalue weighted by atomic mass is 35.5. The van der Waals surface area contributed by atoms with Gasteiger partial charge in [-0.1, -0.05) is 0 Å². The summed E-state index contributed by atoms with van der Waals surface area (Å²) in [6.45, 7) is 4.12. The number of thioether (sulfide) groups is 1. The topological polar surface area (TPSA) is 41.6 Å². The second kappa shape index (κ2) is 8.27. The van der Waals surface area contributed by atoms with E-state index in [2.05, 4.69) is 5.32 Å². The summed E-state index contributed by atoms with van der Waals surface area (Å²) in [4.78, 5) is 15.5. The van der Waals surface area contributed by atoms with Crippen LogP contribution < -0.4 is 10.1 Å². The van der Waals surface area contributed by atoms with Crippen molar-refractivity contribution in [2.45, 2.75) is 24.2 Å². The second-order valence-corrected chi connectivity index (χ2v) is 7.32. The van der Waals surface area contributed by atoms with Gasteiger partial charge in [-0.25, -0.2) is 0 Å². The summed E-state index contributed by atoms with van der Waals surface area (Å²) in [5.74, 6) is 1.64. The maximum atomic E-state index is 12.4. The quantitative estimate of drug-likeness (QED) is 0.842. The zero-order chi connectivity index (χ0) is 15.4. The average molecular weight is 357 g/mol. The summed E-state index contributed by atoms with van der Waals surface area (Å²) in [5, 5.41) is 3.47. The molecule has 3 rings (SSSR count). The van der Waals surface area contributed by atoms with Gasteiger partial charge < -0.3 is 15.0 Å². The maximum Gasteiger partial charge on any atom is 0.232 e. The van der Waals surface area contributed by atoms with Crippen LogP contribution in [0.4, 0.5) is 0 Å². The fourth-order valence-electron chi connectivity index (χ4n) is 3.36. The van der Waals surface area contributed by atoms with Crippen LogP contribution in [0.5, 0.6) is 5.75 Å². The van der Waals surface area contributed by atoms with E-state index in [1.165, 1.54) is 6.42 Å². The first-order chi connectivity index (χ1) is 10.7. The first-order valence-corrected chi connectivity index (χ1v) is 8.95. The molecule has 1 aromatic rings. The van der Waals surface area contributed by atoms with Gasteiger partial charge in [0.05, 0.1) is 12.9 Å². The van der Waals surface area contributed by atoms with Crippen molar-refractivity contribution in [1.29, 1.82) is 0 Å². The van der Waals surface area contributed by atoms with E-state index in [0.717, 1.165) is 49.7 Å². The Kier molecular flexibility index (Phi) is 6.62. The van der Waals surface area contributed by atoms with Crippen molar-refractivity contribution in [2.24, 2.45) is 5.41 Å². The molecule has 2 aliphatic heterocycles. The number of benzene rings is 1. The Morgan fingerprint density at radius 3 is 2.52 bits per heavy atom. The molecule has 23 heavy (non-hydrogen) atoms. The summed E-state index contributed by atoms with van der Waals surface area (Å²) < 4.78 is 5.15. The third-order valence-electron chi connectivity index (χ3n) is 4.93. The van der Waals surface area contributed by atoms with Gasteiger partial charge in [0.1, 0.15) is 5.75 Å². The molecule has 0 aromatic heterocycles. The van der Waals surface area contributed by atoms with E-state index in [0.29, 0.717) is 11.2 Å². The average Bonchev–Trinajstić information content (AvgIpc) is 3.02. The SMILES string of the molecule is COc1ccc(SCC(=O)N2CCC3(CCNC3)CC2)cc1.Cl. The molecule has 2 heterocycles. The van der Waals surface area contributed by atoms with Crippen LogP contribution in [-0.4, -0.2) is 49.8 Å². The van der Waals surface area contributed by atoms with Gasteiger partial charge in [-0.2, -0.15) is 0 Å². The number of carbonyl (C=O) groups excluding carboxylic acids is 1. The van der Waals surface area contributed by atoms with Crippen LogP contribution in [0.15, 0.2) is 29.2 Å². The summed E-state index contributed by atoms with van der Waals surface area (Å²) in [7, 11) is 1.66. The Balaban J connectivity index is 0.00000192. The van der Waals surface area contributed by atoms with Crippen molar-refractivity contribution >= 4 is 30.1 Å². The van der Waals surface area contributed by atoms with E-state index < -0.39 is 0 Å². The monoisotopic (exact) mass is 356 g/mol. The first kappa shape index (κ1) is 18.4. The lowest BCUT2D eigenvalue weighted by Gasteiger charge is -2.38. The normalized spacial score (nSPS) is 19.4. The number of likely N-dealkylation sites (tertiary alicyclic amines) is 1. The van der Waals surface area contributed by atoms with Gasteiger partial charge in [-0.05, 0) is 55.5 Å². The van der Waals surface area contributed by atoms with Gasteiger partial charge in [0.15, 0.2) is 0 Å². The van der Waals surface area contributed by atoms with Gasteiger partial charge in [0.25, 0.3) is 0 Å². The standard InChI is InChI=1S/C17H24N2O2S.ClH/c1-21-14-2-4-15(5-3-14)22-12-16(20)19-10-7-17(8-11-19)6-9-18-13-17;/h2-5,18H,6-13H2,1H3;1H. The van der Waals surface area contributed by atoms with Crippen molar-refractivity contribution in [3.8, 4) is 5.75 Å². The van der Waals surface area contributed by atoms with Crippen molar-refractivity contribution in [3.63, 3.8) is 0 Å². The van der Waals surface area contributed by atoms with Crippen LogP contribution in [-0.2, 0) is 4.79 Å². The van der Waals surface area contributed by atoms with E-state index in [1.807, 2.05) is 29.2 Å². The predicted octanol–water partition coefficient (Wildman–Crippen LogP) is 2.81. The number of hydrogen-bond acceptors (Lipinski definition) is 4. The smallest absolute Gasteiger partial charge is 0.232 e. The molecular formula is C17H25ClN2O2S. The molecule has 128 valence electrons. The lowest BCUT2D eigenvalue weighted by atomic mass is 9.78. The molecule has 2 fully saturated rings. The molecule has 2 aliphatic rings. The highest BCUT2D eigenvalue weighted by Crippen LogP contribution is 2.37. The predicted molar refractivity (Wildman–Crippen MR) is 96.7 cm³/mol. The molecule has 1 amide bonds. The Morgan fingerprint density at radius 2 is 1.96 bits per heavy atom. The number of rotatable bonds is 4. The number of piperidine rings is 1. The molecule has 0 unspecified atom stereocenters. The second-order valence-electron chi connectivity index (χ2n) is 6.27. The summed E-state index contributed by atoms with van der Waals surface area (Å²) >= 11 is 1.61. The molecule has 4 nitrogen and oxygen atoms in total. The zero-order valence-corrected chi connectivity index (χ0v) is 15.2. The Morgan fingerprint density at radius 1 is 1.26 bits per heavy atom. The minimum atomic E-state index is 0. The van der Waals surface area contributed by atoms with E-state index >= 15 is 0 Å². The number of hydrogen-bond donors (Lipinski definition) is 1.